The van der Waals surface area contributed by atoms with Gasteiger partial charge in [0.2, 0.25) is 11.8 Å². The highest BCUT2D eigenvalue weighted by Crippen LogP contribution is 2.56. The van der Waals surface area contributed by atoms with Crippen molar-refractivity contribution in [3.8, 4) is 17.6 Å². The van der Waals surface area contributed by atoms with Gasteiger partial charge in [0, 0.05) is 21.7 Å². The van der Waals surface area contributed by atoms with Crippen LogP contribution in [0.1, 0.15) is 39.5 Å². The van der Waals surface area contributed by atoms with Crippen LogP contribution in [-0.4, -0.2) is 24.9 Å². The maximum Gasteiger partial charge on any atom is 0.319 e. The Hall–Kier alpha value is -4.74. The second-order valence-corrected chi connectivity index (χ2v) is 12.3. The number of fused-ring (bicyclic) bond motifs is 8. The summed E-state index contributed by atoms with van der Waals surface area (Å²) in [5, 5.41) is 12.2. The first kappa shape index (κ1) is 25.0. The highest BCUT2D eigenvalue weighted by Gasteiger charge is 2.61. The van der Waals surface area contributed by atoms with E-state index in [1.165, 1.54) is 16.2 Å². The Morgan fingerprint density at radius 3 is 2.55 bits per heavy atom. The topological polar surface area (TPSA) is 96.7 Å². The smallest absolute Gasteiger partial charge is 0.319 e. The number of nitrogens with zero attached hydrogens (tertiary/aromatic N) is 2. The predicted octanol–water partition coefficient (Wildman–Crippen LogP) is 5.79. The first-order valence-electron chi connectivity index (χ1n) is 14.0. The van der Waals surface area contributed by atoms with Crippen LogP contribution in [0.15, 0.2) is 66.7 Å². The predicted molar refractivity (Wildman–Crippen MR) is 157 cm³/mol. The summed E-state index contributed by atoms with van der Waals surface area (Å²) in [4.78, 5) is 44.8. The number of carbonyl (C=O) groups excluding carboxylic acids is 3. The van der Waals surface area contributed by atoms with Gasteiger partial charge in [-0.05, 0) is 53.5 Å². The number of thiophene rings is 1. The molecule has 8 rings (SSSR count). The number of hydrogen-bond acceptors (Lipinski definition) is 7. The number of carbonyl (C=O) groups is 3. The molecule has 0 bridgehead atoms. The minimum Gasteiger partial charge on any atom is -0.497 e. The molecule has 1 saturated heterocycles. The molecule has 8 heteroatoms. The van der Waals surface area contributed by atoms with E-state index in [0.717, 1.165) is 51.6 Å². The molecule has 7 nitrogen and oxygen atoms in total. The number of nitriles is 1. The standard InChI is InChI=1S/C34H24N2O5S/c1-40-19-12-9-18(10-13-19)23-15-24-22-14-11-17-5-2-3-6-20(17)30(22)41-34(39)28(24)29-27(23)31(37)36(32(29)38)33-25(16-35)21-7-4-8-26(21)42-33/h2-3,5-6,9-15,23,27-29H,4,7-8H2,1H3/t23-,27-,28-,29-/m0/s1. The molecule has 42 heavy (non-hydrogen) atoms. The Morgan fingerprint density at radius 1 is 0.976 bits per heavy atom. The molecule has 0 saturated carbocycles. The molecule has 4 aromatic rings. The van der Waals surface area contributed by atoms with E-state index in [1.54, 1.807) is 7.11 Å². The average Bonchev–Trinajstić information content (AvgIpc) is 3.68. The number of benzene rings is 3. The van der Waals surface area contributed by atoms with Crippen LogP contribution in [0.4, 0.5) is 5.00 Å². The van der Waals surface area contributed by atoms with Gasteiger partial charge < -0.3 is 9.47 Å². The molecule has 3 aromatic carbocycles. The quantitative estimate of drug-likeness (QED) is 0.175. The molecular weight excluding hydrogens is 548 g/mol. The molecule has 4 aliphatic rings. The van der Waals surface area contributed by atoms with Crippen molar-refractivity contribution >= 4 is 50.5 Å². The lowest BCUT2D eigenvalue weighted by atomic mass is 9.64. The van der Waals surface area contributed by atoms with E-state index in [4.69, 9.17) is 9.47 Å². The number of imide groups is 1. The molecule has 2 aliphatic heterocycles. The van der Waals surface area contributed by atoms with Gasteiger partial charge in [-0.3, -0.25) is 14.4 Å². The van der Waals surface area contributed by atoms with Gasteiger partial charge in [0.1, 0.15) is 22.6 Å². The molecule has 2 aliphatic carbocycles. The van der Waals surface area contributed by atoms with E-state index in [2.05, 4.69) is 6.07 Å². The minimum atomic E-state index is -0.958. The van der Waals surface area contributed by atoms with Crippen molar-refractivity contribution < 1.29 is 23.9 Å². The van der Waals surface area contributed by atoms with Crippen molar-refractivity contribution in [1.82, 2.24) is 0 Å². The van der Waals surface area contributed by atoms with Gasteiger partial charge in [-0.25, -0.2) is 4.90 Å². The maximum atomic E-state index is 14.4. The second-order valence-electron chi connectivity index (χ2n) is 11.2. The molecule has 206 valence electrons. The van der Waals surface area contributed by atoms with Gasteiger partial charge in [0.15, 0.2) is 0 Å². The monoisotopic (exact) mass is 572 g/mol. The largest absolute Gasteiger partial charge is 0.497 e. The first-order valence-corrected chi connectivity index (χ1v) is 14.8. The van der Waals surface area contributed by atoms with Crippen molar-refractivity contribution in [1.29, 1.82) is 5.26 Å². The van der Waals surface area contributed by atoms with Gasteiger partial charge in [-0.1, -0.05) is 54.6 Å². The van der Waals surface area contributed by atoms with Crippen LogP contribution in [-0.2, 0) is 27.2 Å². The van der Waals surface area contributed by atoms with Crippen LogP contribution in [0.3, 0.4) is 0 Å². The Morgan fingerprint density at radius 2 is 1.76 bits per heavy atom. The van der Waals surface area contributed by atoms with E-state index in [9.17, 15) is 19.6 Å². The molecule has 0 radical (unpaired) electrons. The number of ether oxygens (including phenoxy) is 2. The lowest BCUT2D eigenvalue weighted by Crippen LogP contribution is -2.42. The summed E-state index contributed by atoms with van der Waals surface area (Å²) in [7, 11) is 1.59. The number of allylic oxidation sites excluding steroid dienone is 1. The zero-order valence-corrected chi connectivity index (χ0v) is 23.4. The van der Waals surface area contributed by atoms with Crippen LogP contribution < -0.4 is 14.4 Å². The van der Waals surface area contributed by atoms with Gasteiger partial charge in [0.05, 0.1) is 30.4 Å². The van der Waals surface area contributed by atoms with Crippen LogP contribution in [0, 0.1) is 29.1 Å². The average molecular weight is 573 g/mol. The third-order valence-electron chi connectivity index (χ3n) is 9.20. The summed E-state index contributed by atoms with van der Waals surface area (Å²) >= 11 is 1.36. The molecule has 1 fully saturated rings. The van der Waals surface area contributed by atoms with Crippen LogP contribution in [0.5, 0.6) is 11.5 Å². The van der Waals surface area contributed by atoms with E-state index in [1.807, 2.05) is 66.7 Å². The van der Waals surface area contributed by atoms with Gasteiger partial charge in [0.25, 0.3) is 0 Å². The first-order chi connectivity index (χ1) is 20.5. The molecule has 4 atom stereocenters. The van der Waals surface area contributed by atoms with E-state index in [0.29, 0.717) is 27.6 Å². The van der Waals surface area contributed by atoms with E-state index < -0.39 is 35.5 Å². The summed E-state index contributed by atoms with van der Waals surface area (Å²) in [6, 6.07) is 21.4. The summed E-state index contributed by atoms with van der Waals surface area (Å²) in [5.41, 5.74) is 3.64. The second kappa shape index (κ2) is 9.13. The Kier molecular flexibility index (Phi) is 5.44. The number of esters is 1. The Labute approximate surface area is 245 Å². The summed E-state index contributed by atoms with van der Waals surface area (Å²) in [6.07, 6.45) is 4.53. The fourth-order valence-electron chi connectivity index (χ4n) is 7.30. The molecular formula is C34H24N2O5S. The Balaban J connectivity index is 1.33. The zero-order valence-electron chi connectivity index (χ0n) is 22.6. The number of methoxy groups -OCH3 is 1. The molecule has 1 aromatic heterocycles. The van der Waals surface area contributed by atoms with Gasteiger partial charge >= 0.3 is 5.97 Å². The maximum absolute atomic E-state index is 14.4. The van der Waals surface area contributed by atoms with Crippen LogP contribution in [0.2, 0.25) is 0 Å². The number of amides is 2. The molecule has 3 heterocycles. The van der Waals surface area contributed by atoms with Crippen LogP contribution in [0.25, 0.3) is 16.3 Å². The number of rotatable bonds is 3. The number of hydrogen-bond donors (Lipinski definition) is 0. The number of anilines is 1. The van der Waals surface area contributed by atoms with Crippen molar-refractivity contribution in [2.24, 2.45) is 17.8 Å². The molecule has 0 unspecified atom stereocenters. The third kappa shape index (κ3) is 3.34. The SMILES string of the molecule is COc1ccc([C@@H]2C=C3c4ccc5ccccc5c4OC(=O)[C@@H]3[C@H]3C(=O)N(c4sc5c(c4C#N)CCC5)C(=O)[C@H]32)cc1. The fraction of sp³-hybridized carbons (Fsp3) is 0.235. The van der Waals surface area contributed by atoms with Crippen molar-refractivity contribution in [2.45, 2.75) is 25.2 Å². The van der Waals surface area contributed by atoms with Gasteiger partial charge in [-0.15, -0.1) is 11.3 Å². The fourth-order valence-corrected chi connectivity index (χ4v) is 8.65. The lowest BCUT2D eigenvalue weighted by molar-refractivity contribution is -0.142. The lowest BCUT2D eigenvalue weighted by Gasteiger charge is -2.38. The van der Waals surface area contributed by atoms with Crippen LogP contribution >= 0.6 is 11.3 Å². The highest BCUT2D eigenvalue weighted by molar-refractivity contribution is 7.17. The van der Waals surface area contributed by atoms with Crippen molar-refractivity contribution in [3.63, 3.8) is 0 Å². The molecule has 2 amide bonds. The normalized spacial score (nSPS) is 24.0. The van der Waals surface area contributed by atoms with E-state index >= 15 is 0 Å². The Bertz CT molecular complexity index is 1930. The third-order valence-corrected chi connectivity index (χ3v) is 10.5. The number of aryl methyl sites for hydroxylation is 1. The summed E-state index contributed by atoms with van der Waals surface area (Å²) in [5.74, 6) is -3.40. The molecule has 0 N–H and O–H groups in total. The summed E-state index contributed by atoms with van der Waals surface area (Å²) < 4.78 is 11.3. The van der Waals surface area contributed by atoms with E-state index in [-0.39, 0.29) is 5.91 Å². The van der Waals surface area contributed by atoms with Crippen molar-refractivity contribution in [2.75, 3.05) is 12.0 Å². The van der Waals surface area contributed by atoms with Gasteiger partial charge in [-0.2, -0.15) is 5.26 Å². The van der Waals surface area contributed by atoms with Crippen molar-refractivity contribution in [3.05, 3.63) is 93.9 Å². The summed E-state index contributed by atoms with van der Waals surface area (Å²) in [6.45, 7) is 0. The minimum absolute atomic E-state index is 0.380. The highest BCUT2D eigenvalue weighted by atomic mass is 32.1. The molecule has 0 spiro atoms. The zero-order chi connectivity index (χ0) is 28.7.